The molecule has 17 heavy (non-hydrogen) atoms. The van der Waals surface area contributed by atoms with Crippen LogP contribution >= 0.6 is 0 Å². The lowest BCUT2D eigenvalue weighted by Gasteiger charge is -2.21. The Bertz CT molecular complexity index is 470. The van der Waals surface area contributed by atoms with E-state index < -0.39 is 5.60 Å². The minimum absolute atomic E-state index is 0.0941. The van der Waals surface area contributed by atoms with Crippen molar-refractivity contribution in [2.75, 3.05) is 6.54 Å². The quantitative estimate of drug-likeness (QED) is 0.810. The van der Waals surface area contributed by atoms with Crippen molar-refractivity contribution >= 4 is 11.6 Å². The van der Waals surface area contributed by atoms with Gasteiger partial charge in [0, 0.05) is 13.2 Å². The zero-order chi connectivity index (χ0) is 12.6. The lowest BCUT2D eigenvalue weighted by molar-refractivity contribution is -0.131. The molecule has 0 bridgehead atoms. The van der Waals surface area contributed by atoms with Crippen LogP contribution in [0.4, 0.5) is 0 Å². The van der Waals surface area contributed by atoms with Crippen molar-refractivity contribution < 1.29 is 9.90 Å². The van der Waals surface area contributed by atoms with E-state index in [0.29, 0.717) is 5.71 Å². The maximum Gasteiger partial charge on any atom is 0.248 e. The van der Waals surface area contributed by atoms with Gasteiger partial charge >= 0.3 is 0 Å². The molecule has 1 aliphatic heterocycles. The van der Waals surface area contributed by atoms with Crippen LogP contribution in [0.2, 0.25) is 0 Å². The number of hydrazone groups is 1. The fraction of sp³-hybridized carbons (Fsp3) is 0.545. The van der Waals surface area contributed by atoms with Gasteiger partial charge in [0.25, 0.3) is 0 Å². The van der Waals surface area contributed by atoms with Gasteiger partial charge in [0.1, 0.15) is 0 Å². The molecule has 6 heteroatoms. The van der Waals surface area contributed by atoms with Crippen molar-refractivity contribution in [1.82, 2.24) is 14.8 Å². The largest absolute Gasteiger partial charge is 0.389 e. The van der Waals surface area contributed by atoms with E-state index >= 15 is 0 Å². The normalized spacial score (nSPS) is 16.6. The molecule has 0 aromatic carbocycles. The van der Waals surface area contributed by atoms with E-state index in [0.717, 1.165) is 5.69 Å². The smallest absolute Gasteiger partial charge is 0.248 e. The fourth-order valence-electron chi connectivity index (χ4n) is 1.76. The number of nitrogens with zero attached hydrogens (tertiary/aromatic N) is 4. The van der Waals surface area contributed by atoms with Crippen molar-refractivity contribution in [1.29, 1.82) is 0 Å². The molecule has 6 nitrogen and oxygen atoms in total. The molecule has 2 heterocycles. The lowest BCUT2D eigenvalue weighted by Crippen LogP contribution is -2.36. The van der Waals surface area contributed by atoms with Crippen LogP contribution in [0, 0.1) is 0 Å². The highest BCUT2D eigenvalue weighted by Crippen LogP contribution is 2.17. The van der Waals surface area contributed by atoms with Gasteiger partial charge in [0.05, 0.1) is 30.0 Å². The maximum absolute atomic E-state index is 11.7. The molecule has 1 aromatic rings. The summed E-state index contributed by atoms with van der Waals surface area (Å²) in [5.41, 5.74) is 0.581. The van der Waals surface area contributed by atoms with E-state index in [2.05, 4.69) is 10.2 Å². The summed E-state index contributed by atoms with van der Waals surface area (Å²) >= 11 is 0. The Morgan fingerprint density at radius 3 is 2.76 bits per heavy atom. The number of rotatable bonds is 3. The molecule has 1 aromatic heterocycles. The summed E-state index contributed by atoms with van der Waals surface area (Å²) in [5.74, 6) is -0.0941. The Labute approximate surface area is 99.5 Å². The molecule has 0 saturated heterocycles. The van der Waals surface area contributed by atoms with E-state index in [1.54, 1.807) is 31.8 Å². The summed E-state index contributed by atoms with van der Waals surface area (Å²) in [7, 11) is 1.81. The summed E-state index contributed by atoms with van der Waals surface area (Å²) in [6, 6.07) is 1.82. The first-order valence-corrected chi connectivity index (χ1v) is 5.45. The van der Waals surface area contributed by atoms with E-state index in [1.165, 1.54) is 5.01 Å². The van der Waals surface area contributed by atoms with Crippen molar-refractivity contribution in [2.24, 2.45) is 12.1 Å². The molecule has 2 rings (SSSR count). The summed E-state index contributed by atoms with van der Waals surface area (Å²) in [6.45, 7) is 3.50. The number of hydrogen-bond acceptors (Lipinski definition) is 4. The third-order valence-electron chi connectivity index (χ3n) is 2.50. The van der Waals surface area contributed by atoms with Crippen LogP contribution in [-0.2, 0) is 11.8 Å². The van der Waals surface area contributed by atoms with Gasteiger partial charge in [-0.05, 0) is 19.9 Å². The second-order valence-corrected chi connectivity index (χ2v) is 4.83. The maximum atomic E-state index is 11.7. The number of carbonyl (C=O) groups is 1. The number of amides is 1. The lowest BCUT2D eigenvalue weighted by atomic mass is 10.1. The molecule has 0 unspecified atom stereocenters. The first-order valence-electron chi connectivity index (χ1n) is 5.45. The van der Waals surface area contributed by atoms with Crippen molar-refractivity contribution in [3.63, 3.8) is 0 Å². The Kier molecular flexibility index (Phi) is 2.74. The molecule has 0 saturated carbocycles. The Hall–Kier alpha value is -1.69. The molecule has 92 valence electrons. The van der Waals surface area contributed by atoms with Gasteiger partial charge in [-0.15, -0.1) is 0 Å². The molecule has 0 fully saturated rings. The minimum Gasteiger partial charge on any atom is -0.389 e. The average molecular weight is 236 g/mol. The molecular formula is C11H16N4O2. The number of hydrogen-bond donors (Lipinski definition) is 1. The predicted octanol–water partition coefficient (Wildman–Crippen LogP) is 0.127. The Morgan fingerprint density at radius 2 is 2.24 bits per heavy atom. The van der Waals surface area contributed by atoms with Crippen LogP contribution in [0.1, 0.15) is 26.0 Å². The molecular weight excluding hydrogens is 220 g/mol. The van der Waals surface area contributed by atoms with Crippen molar-refractivity contribution in [3.8, 4) is 0 Å². The molecule has 1 N–H and O–H groups in total. The number of carbonyl (C=O) groups excluding carboxylic acids is 1. The summed E-state index contributed by atoms with van der Waals surface area (Å²) in [5, 5.41) is 19.3. The van der Waals surface area contributed by atoms with Crippen molar-refractivity contribution in [2.45, 2.75) is 25.9 Å². The van der Waals surface area contributed by atoms with Crippen molar-refractivity contribution in [3.05, 3.63) is 18.0 Å². The highest BCUT2D eigenvalue weighted by atomic mass is 16.3. The zero-order valence-electron chi connectivity index (χ0n) is 10.2. The number of aromatic nitrogens is 2. The Balaban J connectivity index is 2.20. The van der Waals surface area contributed by atoms with Crippen LogP contribution in [0.5, 0.6) is 0 Å². The number of aryl methyl sites for hydroxylation is 1. The Morgan fingerprint density at radius 1 is 1.53 bits per heavy atom. The number of β-amino-alcohol motifs (C(OH)–C–C–N with tert-alkyl or cyclic N) is 1. The molecule has 1 amide bonds. The van der Waals surface area contributed by atoms with E-state index in [9.17, 15) is 9.90 Å². The molecule has 0 spiro atoms. The molecule has 0 aliphatic carbocycles. The van der Waals surface area contributed by atoms with Crippen LogP contribution in [0.3, 0.4) is 0 Å². The van der Waals surface area contributed by atoms with Gasteiger partial charge in [0.2, 0.25) is 5.91 Å². The SMILES string of the molecule is Cn1nccc1C1=NN(CC(C)(C)O)C(=O)C1. The summed E-state index contributed by atoms with van der Waals surface area (Å²) < 4.78 is 1.68. The van der Waals surface area contributed by atoms with Gasteiger partial charge in [0.15, 0.2) is 0 Å². The third-order valence-corrected chi connectivity index (χ3v) is 2.50. The van der Waals surface area contributed by atoms with E-state index in [-0.39, 0.29) is 18.9 Å². The minimum atomic E-state index is -0.943. The summed E-state index contributed by atoms with van der Waals surface area (Å²) in [4.78, 5) is 11.7. The topological polar surface area (TPSA) is 70.7 Å². The first-order chi connectivity index (χ1) is 7.87. The van der Waals surface area contributed by atoms with Crippen LogP contribution in [0.15, 0.2) is 17.4 Å². The predicted molar refractivity (Wildman–Crippen MR) is 62.4 cm³/mol. The van der Waals surface area contributed by atoms with E-state index in [4.69, 9.17) is 0 Å². The standard InChI is InChI=1S/C11H16N4O2/c1-11(2,17)7-15-10(16)6-8(13-15)9-4-5-12-14(9)3/h4-5,17H,6-7H2,1-3H3. The molecule has 0 atom stereocenters. The molecule has 1 aliphatic rings. The second-order valence-electron chi connectivity index (χ2n) is 4.83. The van der Waals surface area contributed by atoms with Gasteiger partial charge in [-0.2, -0.15) is 10.2 Å². The summed E-state index contributed by atoms with van der Waals surface area (Å²) in [6.07, 6.45) is 1.93. The highest BCUT2D eigenvalue weighted by Gasteiger charge is 2.29. The average Bonchev–Trinajstić information content (AvgIpc) is 2.72. The highest BCUT2D eigenvalue weighted by molar-refractivity contribution is 6.12. The monoisotopic (exact) mass is 236 g/mol. The van der Waals surface area contributed by atoms with Gasteiger partial charge < -0.3 is 5.11 Å². The second kappa shape index (κ2) is 3.96. The zero-order valence-corrected chi connectivity index (χ0v) is 10.2. The third kappa shape index (κ3) is 2.52. The van der Waals surface area contributed by atoms with Gasteiger partial charge in [-0.1, -0.05) is 0 Å². The number of aliphatic hydroxyl groups is 1. The molecule has 0 radical (unpaired) electrons. The van der Waals surface area contributed by atoms with Gasteiger partial charge in [-0.25, -0.2) is 5.01 Å². The fourth-order valence-corrected chi connectivity index (χ4v) is 1.76. The van der Waals surface area contributed by atoms with Crippen LogP contribution in [-0.4, -0.2) is 43.7 Å². The van der Waals surface area contributed by atoms with Crippen LogP contribution < -0.4 is 0 Å². The van der Waals surface area contributed by atoms with Crippen LogP contribution in [0.25, 0.3) is 0 Å². The first kappa shape index (κ1) is 11.8. The van der Waals surface area contributed by atoms with Gasteiger partial charge in [-0.3, -0.25) is 9.48 Å². The van der Waals surface area contributed by atoms with E-state index in [1.807, 2.05) is 6.07 Å².